The minimum Gasteiger partial charge on any atom is -0.384 e. The number of hydrogen-bond acceptors (Lipinski definition) is 3. The molecule has 1 aromatic heterocycles. The maximum absolute atomic E-state index is 13.3. The van der Waals surface area contributed by atoms with Crippen molar-refractivity contribution in [1.82, 2.24) is 9.78 Å². The van der Waals surface area contributed by atoms with E-state index in [9.17, 15) is 18.0 Å². The highest BCUT2D eigenvalue weighted by molar-refractivity contribution is 5.94. The second-order valence-corrected chi connectivity index (χ2v) is 4.66. The van der Waals surface area contributed by atoms with Gasteiger partial charge >= 0.3 is 6.18 Å². The number of anilines is 1. The molecule has 0 saturated carbocycles. The van der Waals surface area contributed by atoms with Crippen LogP contribution in [-0.4, -0.2) is 22.2 Å². The molecule has 0 bridgehead atoms. The maximum atomic E-state index is 13.3. The summed E-state index contributed by atoms with van der Waals surface area (Å²) >= 11 is 0. The summed E-state index contributed by atoms with van der Waals surface area (Å²) in [6, 6.07) is 4.97. The van der Waals surface area contributed by atoms with E-state index >= 15 is 0 Å². The molecule has 8 heteroatoms. The van der Waals surface area contributed by atoms with Crippen LogP contribution < -0.4 is 11.1 Å². The molecular formula is C13H11F3N4O. The number of nitrogens with one attached hydrogen (secondary N) is 1. The Morgan fingerprint density at radius 2 is 2.14 bits per heavy atom. The topological polar surface area (TPSA) is 72.9 Å². The van der Waals surface area contributed by atoms with Gasteiger partial charge in [-0.3, -0.25) is 4.79 Å². The molecule has 5 nitrogen and oxygen atoms in total. The number of halogens is 3. The molecule has 0 aliphatic carbocycles. The third kappa shape index (κ3) is 2.12. The van der Waals surface area contributed by atoms with Crippen LogP contribution in [0.5, 0.6) is 0 Å². The summed E-state index contributed by atoms with van der Waals surface area (Å²) in [5.41, 5.74) is 5.05. The Kier molecular flexibility index (Phi) is 2.89. The van der Waals surface area contributed by atoms with E-state index in [0.717, 1.165) is 22.1 Å². The molecule has 2 heterocycles. The number of nitrogens with two attached hydrogens (primary N) is 1. The maximum Gasteiger partial charge on any atom is 0.434 e. The van der Waals surface area contributed by atoms with Gasteiger partial charge in [0, 0.05) is 17.8 Å². The fourth-order valence-electron chi connectivity index (χ4n) is 2.51. The molecule has 21 heavy (non-hydrogen) atoms. The Morgan fingerprint density at radius 3 is 2.81 bits per heavy atom. The van der Waals surface area contributed by atoms with Crippen molar-refractivity contribution in [2.24, 2.45) is 5.73 Å². The molecule has 0 spiro atoms. The third-order valence-electron chi connectivity index (χ3n) is 3.37. The van der Waals surface area contributed by atoms with Gasteiger partial charge in [0.15, 0.2) is 5.69 Å². The number of benzene rings is 1. The number of hydrogen-bond donors (Lipinski definition) is 2. The molecule has 0 fully saturated rings. The van der Waals surface area contributed by atoms with Gasteiger partial charge in [-0.2, -0.15) is 18.3 Å². The number of fused-ring (bicyclic) bond motifs is 1. The minimum absolute atomic E-state index is 0.303. The zero-order valence-electron chi connectivity index (χ0n) is 10.7. The van der Waals surface area contributed by atoms with Gasteiger partial charge in [0.25, 0.3) is 5.91 Å². The largest absolute Gasteiger partial charge is 0.434 e. The summed E-state index contributed by atoms with van der Waals surface area (Å²) < 4.78 is 40.5. The SMILES string of the molecule is NC(=O)c1cnn(-c2cccc3c2CCN3)c1C(F)(F)F. The van der Waals surface area contributed by atoms with Gasteiger partial charge in [-0.25, -0.2) is 4.68 Å². The van der Waals surface area contributed by atoms with Crippen LogP contribution >= 0.6 is 0 Å². The van der Waals surface area contributed by atoms with E-state index < -0.39 is 23.3 Å². The van der Waals surface area contributed by atoms with Crippen molar-refractivity contribution < 1.29 is 18.0 Å². The third-order valence-corrected chi connectivity index (χ3v) is 3.37. The first-order valence-corrected chi connectivity index (χ1v) is 6.20. The van der Waals surface area contributed by atoms with Crippen molar-refractivity contribution in [2.45, 2.75) is 12.6 Å². The lowest BCUT2D eigenvalue weighted by atomic mass is 10.1. The van der Waals surface area contributed by atoms with Crippen molar-refractivity contribution in [3.05, 3.63) is 41.2 Å². The normalized spacial score (nSPS) is 13.9. The minimum atomic E-state index is -4.73. The summed E-state index contributed by atoms with van der Waals surface area (Å²) in [4.78, 5) is 11.2. The smallest absolute Gasteiger partial charge is 0.384 e. The molecular weight excluding hydrogens is 285 g/mol. The van der Waals surface area contributed by atoms with E-state index in [1.807, 2.05) is 0 Å². The number of carbonyl (C=O) groups excluding carboxylic acids is 1. The Bertz CT molecular complexity index is 721. The van der Waals surface area contributed by atoms with Crippen molar-refractivity contribution >= 4 is 11.6 Å². The fraction of sp³-hybridized carbons (Fsp3) is 0.231. The number of aromatic nitrogens is 2. The summed E-state index contributed by atoms with van der Waals surface area (Å²) in [6.45, 7) is 0.650. The number of primary amides is 1. The lowest BCUT2D eigenvalue weighted by Crippen LogP contribution is -2.21. The van der Waals surface area contributed by atoms with E-state index in [2.05, 4.69) is 10.4 Å². The van der Waals surface area contributed by atoms with Gasteiger partial charge in [0.1, 0.15) is 0 Å². The highest BCUT2D eigenvalue weighted by Gasteiger charge is 2.40. The first-order valence-electron chi connectivity index (χ1n) is 6.20. The van der Waals surface area contributed by atoms with Crippen molar-refractivity contribution in [1.29, 1.82) is 0 Å². The fourth-order valence-corrected chi connectivity index (χ4v) is 2.51. The van der Waals surface area contributed by atoms with Crippen molar-refractivity contribution in [3.8, 4) is 5.69 Å². The van der Waals surface area contributed by atoms with Gasteiger partial charge in [0.05, 0.1) is 17.4 Å². The number of rotatable bonds is 2. The molecule has 0 radical (unpaired) electrons. The molecule has 2 aromatic rings. The van der Waals surface area contributed by atoms with Crippen LogP contribution in [-0.2, 0) is 12.6 Å². The standard InChI is InChI=1S/C13H11F3N4O/c14-13(15,16)11-8(12(17)21)6-19-20(11)10-3-1-2-9-7(10)4-5-18-9/h1-3,6,18H,4-5H2,(H2,17,21). The lowest BCUT2D eigenvalue weighted by molar-refractivity contribution is -0.143. The summed E-state index contributed by atoms with van der Waals surface area (Å²) in [7, 11) is 0. The molecule has 110 valence electrons. The zero-order chi connectivity index (χ0) is 15.2. The van der Waals surface area contributed by atoms with Crippen LogP contribution in [0.3, 0.4) is 0 Å². The van der Waals surface area contributed by atoms with Crippen molar-refractivity contribution in [2.75, 3.05) is 11.9 Å². The van der Waals surface area contributed by atoms with Crippen LogP contribution in [0, 0.1) is 0 Å². The van der Waals surface area contributed by atoms with Gasteiger partial charge in [-0.1, -0.05) is 6.07 Å². The van der Waals surface area contributed by atoms with E-state index in [4.69, 9.17) is 5.73 Å². The molecule has 3 N–H and O–H groups in total. The van der Waals surface area contributed by atoms with Crippen LogP contribution in [0.15, 0.2) is 24.4 Å². The van der Waals surface area contributed by atoms with E-state index in [1.54, 1.807) is 18.2 Å². The predicted octanol–water partition coefficient (Wildman–Crippen LogP) is 1.96. The number of carbonyl (C=O) groups is 1. The second kappa shape index (κ2) is 4.51. The highest BCUT2D eigenvalue weighted by atomic mass is 19.4. The van der Waals surface area contributed by atoms with Crippen LogP contribution in [0.4, 0.5) is 18.9 Å². The summed E-state index contributed by atoms with van der Waals surface area (Å²) in [6.07, 6.45) is -3.28. The van der Waals surface area contributed by atoms with E-state index in [0.29, 0.717) is 18.7 Å². The van der Waals surface area contributed by atoms with E-state index in [1.165, 1.54) is 0 Å². The predicted molar refractivity (Wildman–Crippen MR) is 69.3 cm³/mol. The molecule has 0 unspecified atom stereocenters. The van der Waals surface area contributed by atoms with Crippen molar-refractivity contribution in [3.63, 3.8) is 0 Å². The molecule has 1 aliphatic rings. The summed E-state index contributed by atoms with van der Waals surface area (Å²) in [5.74, 6) is -1.15. The lowest BCUT2D eigenvalue weighted by Gasteiger charge is -2.14. The first kappa shape index (κ1) is 13.5. The van der Waals surface area contributed by atoms with Crippen LogP contribution in [0.2, 0.25) is 0 Å². The van der Waals surface area contributed by atoms with Gasteiger partial charge in [0.2, 0.25) is 0 Å². The van der Waals surface area contributed by atoms with Crippen LogP contribution in [0.1, 0.15) is 21.6 Å². The molecule has 1 amide bonds. The average Bonchev–Trinajstić information content (AvgIpc) is 3.04. The Hall–Kier alpha value is -2.51. The molecule has 0 saturated heterocycles. The second-order valence-electron chi connectivity index (χ2n) is 4.66. The quantitative estimate of drug-likeness (QED) is 0.889. The number of nitrogens with zero attached hydrogens (tertiary/aromatic N) is 2. The zero-order valence-corrected chi connectivity index (χ0v) is 10.7. The van der Waals surface area contributed by atoms with E-state index in [-0.39, 0.29) is 0 Å². The Balaban J connectivity index is 2.25. The molecule has 3 rings (SSSR count). The highest BCUT2D eigenvalue weighted by Crippen LogP contribution is 2.36. The average molecular weight is 296 g/mol. The number of alkyl halides is 3. The monoisotopic (exact) mass is 296 g/mol. The van der Waals surface area contributed by atoms with Gasteiger partial charge in [-0.15, -0.1) is 0 Å². The van der Waals surface area contributed by atoms with Gasteiger partial charge < -0.3 is 11.1 Å². The summed E-state index contributed by atoms with van der Waals surface area (Å²) in [5, 5.41) is 6.80. The molecule has 1 aromatic carbocycles. The van der Waals surface area contributed by atoms with Gasteiger partial charge in [-0.05, 0) is 18.6 Å². The first-order chi connectivity index (χ1) is 9.89. The van der Waals surface area contributed by atoms with Crippen LogP contribution in [0.25, 0.3) is 5.69 Å². The Morgan fingerprint density at radius 1 is 1.38 bits per heavy atom. The Labute approximate surface area is 117 Å². The molecule has 0 atom stereocenters. The number of amides is 1. The molecule has 1 aliphatic heterocycles.